The van der Waals surface area contributed by atoms with E-state index in [0.29, 0.717) is 12.8 Å². The zero-order valence-corrected chi connectivity index (χ0v) is 12.5. The second kappa shape index (κ2) is 5.50. The summed E-state index contributed by atoms with van der Waals surface area (Å²) in [6, 6.07) is 9.47. The van der Waals surface area contributed by atoms with Gasteiger partial charge in [-0.3, -0.25) is 9.59 Å². The van der Waals surface area contributed by atoms with Gasteiger partial charge in [0.25, 0.3) is 0 Å². The molecular formula is C17H18N2O3. The normalized spacial score (nSPS) is 30.0. The van der Waals surface area contributed by atoms with Crippen molar-refractivity contribution in [3.8, 4) is 0 Å². The Bertz CT molecular complexity index is 664. The van der Waals surface area contributed by atoms with Crippen LogP contribution in [-0.4, -0.2) is 22.3 Å². The van der Waals surface area contributed by atoms with E-state index in [2.05, 4.69) is 4.79 Å². The minimum Gasteiger partial charge on any atom is -0.461 e. The first kappa shape index (κ1) is 14.7. The number of esters is 1. The number of Topliss-reactive ketones (excluding diaryl/α,β-unsaturated/α-hetero) is 1. The molecule has 22 heavy (non-hydrogen) atoms. The Balaban J connectivity index is 1.73. The topological polar surface area (TPSA) is 79.8 Å². The fraction of sp³-hybridized carbons (Fsp3) is 0.471. The molecule has 0 radical (unpaired) electrons. The first-order chi connectivity index (χ1) is 10.6. The number of ether oxygens (including phenoxy) is 1. The number of carbonyl (C=O) groups is 2. The molecule has 1 aromatic rings. The SMILES string of the molecule is CC1C(=[N+]=[N-])C(=O)C12CCCC2C(=O)OCc1ccccc1. The Morgan fingerprint density at radius 2 is 2.14 bits per heavy atom. The summed E-state index contributed by atoms with van der Waals surface area (Å²) < 4.78 is 5.42. The molecule has 0 amide bonds. The first-order valence-electron chi connectivity index (χ1n) is 7.58. The lowest BCUT2D eigenvalue weighted by atomic mass is 9.53. The summed E-state index contributed by atoms with van der Waals surface area (Å²) in [4.78, 5) is 27.8. The minimum absolute atomic E-state index is 0.183. The molecule has 1 aromatic carbocycles. The molecule has 3 unspecified atom stereocenters. The summed E-state index contributed by atoms with van der Waals surface area (Å²) in [5.41, 5.74) is 9.29. The van der Waals surface area contributed by atoms with Gasteiger partial charge in [0.15, 0.2) is 0 Å². The van der Waals surface area contributed by atoms with Crippen molar-refractivity contribution < 1.29 is 19.1 Å². The van der Waals surface area contributed by atoms with E-state index in [0.717, 1.165) is 12.0 Å². The predicted molar refractivity (Wildman–Crippen MR) is 78.8 cm³/mol. The molecule has 0 saturated heterocycles. The van der Waals surface area contributed by atoms with Gasteiger partial charge in [-0.05, 0) is 18.4 Å². The van der Waals surface area contributed by atoms with E-state index >= 15 is 0 Å². The monoisotopic (exact) mass is 298 g/mol. The van der Waals surface area contributed by atoms with Gasteiger partial charge in [0, 0.05) is 0 Å². The molecule has 0 aromatic heterocycles. The van der Waals surface area contributed by atoms with E-state index in [4.69, 9.17) is 10.3 Å². The van der Waals surface area contributed by atoms with E-state index in [-0.39, 0.29) is 30.0 Å². The molecule has 1 spiro atoms. The second-order valence-corrected chi connectivity index (χ2v) is 6.11. The quantitative estimate of drug-likeness (QED) is 0.488. The number of carbonyl (C=O) groups excluding carboxylic acids is 2. The number of hydrogen-bond acceptors (Lipinski definition) is 3. The Morgan fingerprint density at radius 3 is 2.77 bits per heavy atom. The third kappa shape index (κ3) is 2.01. The standard InChI is InChI=1S/C17H18N2O3/c1-11-14(19-18)15(20)17(11)9-5-8-13(17)16(21)22-10-12-6-3-2-4-7-12/h2-4,6-7,11,13H,5,8-10H2,1H3. The van der Waals surface area contributed by atoms with E-state index in [1.165, 1.54) is 0 Å². The van der Waals surface area contributed by atoms with Gasteiger partial charge in [-0.2, -0.15) is 4.79 Å². The van der Waals surface area contributed by atoms with Crippen LogP contribution in [0.1, 0.15) is 31.7 Å². The van der Waals surface area contributed by atoms with E-state index < -0.39 is 11.3 Å². The fourth-order valence-electron chi connectivity index (χ4n) is 3.91. The molecule has 5 heteroatoms. The number of hydrogen-bond donors (Lipinski definition) is 0. The van der Waals surface area contributed by atoms with E-state index in [1.54, 1.807) is 0 Å². The van der Waals surface area contributed by atoms with Gasteiger partial charge in [0.1, 0.15) is 6.61 Å². The molecule has 2 fully saturated rings. The maximum Gasteiger partial charge on any atom is 0.338 e. The van der Waals surface area contributed by atoms with Crippen LogP contribution < -0.4 is 0 Å². The molecule has 2 aliphatic rings. The first-order valence-corrected chi connectivity index (χ1v) is 7.58. The number of nitrogens with zero attached hydrogens (tertiary/aromatic N) is 2. The average Bonchev–Trinajstić information content (AvgIpc) is 3.02. The molecule has 2 aliphatic carbocycles. The highest BCUT2D eigenvalue weighted by Gasteiger charge is 2.70. The number of ketones is 1. The van der Waals surface area contributed by atoms with Gasteiger partial charge in [0.2, 0.25) is 5.78 Å². The van der Waals surface area contributed by atoms with Crippen LogP contribution in [0.2, 0.25) is 0 Å². The van der Waals surface area contributed by atoms with Crippen LogP contribution in [0, 0.1) is 17.3 Å². The Morgan fingerprint density at radius 1 is 1.41 bits per heavy atom. The van der Waals surface area contributed by atoms with Crippen molar-refractivity contribution in [3.63, 3.8) is 0 Å². The highest BCUT2D eigenvalue weighted by molar-refractivity contribution is 6.48. The zero-order chi connectivity index (χ0) is 15.7. The van der Waals surface area contributed by atoms with Crippen molar-refractivity contribution in [3.05, 3.63) is 41.4 Å². The molecule has 3 atom stereocenters. The van der Waals surface area contributed by atoms with Gasteiger partial charge in [0.05, 0.1) is 17.3 Å². The lowest BCUT2D eigenvalue weighted by molar-refractivity contribution is -0.162. The van der Waals surface area contributed by atoms with Crippen molar-refractivity contribution in [2.45, 2.75) is 32.8 Å². The summed E-state index contributed by atoms with van der Waals surface area (Å²) in [5.74, 6) is -1.13. The number of rotatable bonds is 3. The van der Waals surface area contributed by atoms with Crippen LogP contribution in [0.4, 0.5) is 0 Å². The lowest BCUT2D eigenvalue weighted by Crippen LogP contribution is -2.61. The largest absolute Gasteiger partial charge is 0.461 e. The van der Waals surface area contributed by atoms with Gasteiger partial charge in [-0.15, -0.1) is 0 Å². The highest BCUT2D eigenvalue weighted by atomic mass is 16.5. The van der Waals surface area contributed by atoms with Crippen molar-refractivity contribution in [2.75, 3.05) is 0 Å². The third-order valence-electron chi connectivity index (χ3n) is 5.16. The summed E-state index contributed by atoms with van der Waals surface area (Å²) in [6.45, 7) is 2.06. The Hall–Kier alpha value is -2.26. The van der Waals surface area contributed by atoms with Crippen molar-refractivity contribution in [2.24, 2.45) is 17.3 Å². The molecule has 0 N–H and O–H groups in total. The van der Waals surface area contributed by atoms with Crippen LogP contribution in [0.25, 0.3) is 5.53 Å². The molecule has 0 bridgehead atoms. The van der Waals surface area contributed by atoms with E-state index in [9.17, 15) is 9.59 Å². The molecule has 0 heterocycles. The van der Waals surface area contributed by atoms with Gasteiger partial charge in [-0.1, -0.05) is 43.7 Å². The smallest absolute Gasteiger partial charge is 0.338 e. The van der Waals surface area contributed by atoms with Gasteiger partial charge < -0.3 is 10.3 Å². The van der Waals surface area contributed by atoms with Crippen LogP contribution >= 0.6 is 0 Å². The summed E-state index contributed by atoms with van der Waals surface area (Å²) in [7, 11) is 0. The molecule has 2 saturated carbocycles. The maximum absolute atomic E-state index is 12.4. The molecule has 5 nitrogen and oxygen atoms in total. The summed E-state index contributed by atoms with van der Waals surface area (Å²) in [6.07, 6.45) is 2.14. The van der Waals surface area contributed by atoms with Crippen LogP contribution in [0.5, 0.6) is 0 Å². The average molecular weight is 298 g/mol. The highest BCUT2D eigenvalue weighted by Crippen LogP contribution is 2.56. The molecule has 114 valence electrons. The van der Waals surface area contributed by atoms with Crippen LogP contribution in [-0.2, 0) is 20.9 Å². The Kier molecular flexibility index (Phi) is 3.67. The van der Waals surface area contributed by atoms with Crippen molar-refractivity contribution >= 4 is 17.5 Å². The molecular weight excluding hydrogens is 280 g/mol. The minimum atomic E-state index is -0.713. The third-order valence-corrected chi connectivity index (χ3v) is 5.16. The van der Waals surface area contributed by atoms with Crippen LogP contribution in [0.3, 0.4) is 0 Å². The van der Waals surface area contributed by atoms with Crippen LogP contribution in [0.15, 0.2) is 30.3 Å². The van der Waals surface area contributed by atoms with Crippen molar-refractivity contribution in [1.82, 2.24) is 0 Å². The fourth-order valence-corrected chi connectivity index (χ4v) is 3.91. The second-order valence-electron chi connectivity index (χ2n) is 6.11. The van der Waals surface area contributed by atoms with Gasteiger partial charge >= 0.3 is 11.7 Å². The maximum atomic E-state index is 12.4. The summed E-state index contributed by atoms with van der Waals surface area (Å²) >= 11 is 0. The van der Waals surface area contributed by atoms with Crippen molar-refractivity contribution in [1.29, 1.82) is 0 Å². The van der Waals surface area contributed by atoms with E-state index in [1.807, 2.05) is 37.3 Å². The molecule has 3 rings (SSSR count). The van der Waals surface area contributed by atoms with Gasteiger partial charge in [-0.25, -0.2) is 0 Å². The zero-order valence-electron chi connectivity index (χ0n) is 12.5. The predicted octanol–water partition coefficient (Wildman–Crippen LogP) is 2.41. The summed E-state index contributed by atoms with van der Waals surface area (Å²) in [5, 5.41) is 0. The molecule has 0 aliphatic heterocycles. The lowest BCUT2D eigenvalue weighted by Gasteiger charge is -2.42. The Labute approximate surface area is 128 Å². The number of benzene rings is 1.